The first-order valence-corrected chi connectivity index (χ1v) is 12.7. The van der Waals surface area contributed by atoms with E-state index in [1.54, 1.807) is 33.9 Å². The normalized spacial score (nSPS) is 16.4. The van der Waals surface area contributed by atoms with Gasteiger partial charge in [0, 0.05) is 30.2 Å². The molecule has 1 atom stereocenters. The highest BCUT2D eigenvalue weighted by atomic mass is 35.5. The number of aromatic nitrogens is 5. The highest BCUT2D eigenvalue weighted by Crippen LogP contribution is 2.50. The van der Waals surface area contributed by atoms with Crippen molar-refractivity contribution in [1.82, 2.24) is 29.9 Å². The highest BCUT2D eigenvalue weighted by Gasteiger charge is 2.48. The Kier molecular flexibility index (Phi) is 6.70. The number of nitrogens with zero attached hydrogens (tertiary/aromatic N) is 4. The van der Waals surface area contributed by atoms with Crippen LogP contribution in [-0.4, -0.2) is 42.4 Å². The number of H-pyrrole nitrogens is 1. The van der Waals surface area contributed by atoms with Gasteiger partial charge in [0.25, 0.3) is 11.5 Å². The smallest absolute Gasteiger partial charge is 0.270 e. The van der Waals surface area contributed by atoms with Crippen molar-refractivity contribution in [2.75, 3.05) is 5.32 Å². The van der Waals surface area contributed by atoms with E-state index in [0.29, 0.717) is 33.8 Å². The number of nitrogens with one attached hydrogen (secondary N) is 3. The van der Waals surface area contributed by atoms with Gasteiger partial charge in [-0.05, 0) is 69.4 Å². The molecular formula is C25H30ClN7O3. The van der Waals surface area contributed by atoms with Gasteiger partial charge in [-0.25, -0.2) is 0 Å². The fraction of sp³-hybridized carbons (Fsp3) is 0.480. The van der Waals surface area contributed by atoms with Gasteiger partial charge in [-0.15, -0.1) is 0 Å². The average molecular weight is 512 g/mol. The van der Waals surface area contributed by atoms with Gasteiger partial charge in [0.1, 0.15) is 11.7 Å². The molecule has 190 valence electrons. The van der Waals surface area contributed by atoms with E-state index >= 15 is 0 Å². The molecule has 3 N–H and O–H groups in total. The summed E-state index contributed by atoms with van der Waals surface area (Å²) >= 11 is 5.99. The first kappa shape index (κ1) is 24.3. The van der Waals surface area contributed by atoms with Crippen molar-refractivity contribution in [3.8, 4) is 0 Å². The Bertz CT molecular complexity index is 1310. The van der Waals surface area contributed by atoms with E-state index in [1.807, 2.05) is 13.8 Å². The molecule has 0 bridgehead atoms. The van der Waals surface area contributed by atoms with Gasteiger partial charge in [0.05, 0.1) is 23.5 Å². The third kappa shape index (κ3) is 5.38. The van der Waals surface area contributed by atoms with Gasteiger partial charge in [-0.2, -0.15) is 10.2 Å². The van der Waals surface area contributed by atoms with Crippen molar-refractivity contribution in [3.63, 3.8) is 0 Å². The maximum atomic E-state index is 13.6. The van der Waals surface area contributed by atoms with Crippen molar-refractivity contribution >= 4 is 29.1 Å². The molecule has 2 saturated carbocycles. The maximum absolute atomic E-state index is 13.6. The van der Waals surface area contributed by atoms with Crippen molar-refractivity contribution in [2.45, 2.75) is 58.2 Å². The third-order valence-electron chi connectivity index (χ3n) is 6.86. The molecule has 2 amide bonds. The molecule has 2 aliphatic rings. The minimum Gasteiger partial charge on any atom is -0.339 e. The van der Waals surface area contributed by atoms with Gasteiger partial charge in [0.15, 0.2) is 0 Å². The summed E-state index contributed by atoms with van der Waals surface area (Å²) in [6.45, 7) is 4.12. The Morgan fingerprint density at radius 3 is 2.58 bits per heavy atom. The zero-order chi connectivity index (χ0) is 25.4. The molecule has 3 aromatic heterocycles. The molecule has 3 heterocycles. The molecule has 2 fully saturated rings. The lowest BCUT2D eigenvalue weighted by Crippen LogP contribution is -2.50. The SMILES string of the molecule is CC(C)n1nccc1C(=O)NC(C(=O)Nc1cnn(Cc2cc(Cl)c[nH]c2=O)c1)C(C1CC1)C1CC1. The first-order valence-electron chi connectivity index (χ1n) is 12.3. The van der Waals surface area contributed by atoms with Crippen LogP contribution in [0.25, 0.3) is 0 Å². The molecule has 0 aromatic carbocycles. The molecule has 36 heavy (non-hydrogen) atoms. The molecule has 0 radical (unpaired) electrons. The average Bonchev–Trinajstić information content (AvgIpc) is 3.76. The largest absolute Gasteiger partial charge is 0.339 e. The second kappa shape index (κ2) is 9.93. The van der Waals surface area contributed by atoms with Crippen LogP contribution in [0.2, 0.25) is 5.02 Å². The summed E-state index contributed by atoms with van der Waals surface area (Å²) in [7, 11) is 0. The summed E-state index contributed by atoms with van der Waals surface area (Å²) in [6, 6.07) is 2.62. The van der Waals surface area contributed by atoms with Crippen molar-refractivity contribution in [2.24, 2.45) is 17.8 Å². The fourth-order valence-electron chi connectivity index (χ4n) is 4.88. The lowest BCUT2D eigenvalue weighted by atomic mass is 9.88. The molecule has 3 aromatic rings. The van der Waals surface area contributed by atoms with Crippen LogP contribution in [0, 0.1) is 17.8 Å². The van der Waals surface area contributed by atoms with Crippen LogP contribution in [0.4, 0.5) is 5.69 Å². The molecule has 0 aliphatic heterocycles. The van der Waals surface area contributed by atoms with Gasteiger partial charge in [0.2, 0.25) is 5.91 Å². The van der Waals surface area contributed by atoms with E-state index in [1.165, 1.54) is 12.4 Å². The Labute approximate surface area is 213 Å². The number of amides is 2. The quantitative estimate of drug-likeness (QED) is 0.385. The van der Waals surface area contributed by atoms with Crippen molar-refractivity contribution < 1.29 is 9.59 Å². The predicted octanol–water partition coefficient (Wildman–Crippen LogP) is 3.22. The van der Waals surface area contributed by atoms with Crippen molar-refractivity contribution in [3.05, 3.63) is 63.6 Å². The van der Waals surface area contributed by atoms with E-state index in [9.17, 15) is 14.4 Å². The number of rotatable bonds is 10. The van der Waals surface area contributed by atoms with Crippen LogP contribution in [0.5, 0.6) is 0 Å². The van der Waals surface area contributed by atoms with Crippen molar-refractivity contribution in [1.29, 1.82) is 0 Å². The van der Waals surface area contributed by atoms with E-state index in [4.69, 9.17) is 11.6 Å². The summed E-state index contributed by atoms with van der Waals surface area (Å²) in [5.41, 5.74) is 1.14. The second-order valence-corrected chi connectivity index (χ2v) is 10.5. The number of anilines is 1. The summed E-state index contributed by atoms with van der Waals surface area (Å²) in [6.07, 6.45) is 10.5. The van der Waals surface area contributed by atoms with Gasteiger partial charge in [-0.3, -0.25) is 23.7 Å². The standard InChI is InChI=1S/C25H30ClN7O3/c1-14(2)33-20(7-8-28-33)24(35)31-22(21(15-3-4-15)16-5-6-16)25(36)30-19-11-29-32(13-19)12-17-9-18(26)10-27-23(17)34/h7-11,13-16,21-22H,3-6,12H2,1-2H3,(H,27,34)(H,30,36)(H,31,35). The molecule has 0 spiro atoms. The summed E-state index contributed by atoms with van der Waals surface area (Å²) in [4.78, 5) is 41.4. The minimum atomic E-state index is -0.660. The Morgan fingerprint density at radius 1 is 1.19 bits per heavy atom. The lowest BCUT2D eigenvalue weighted by molar-refractivity contribution is -0.119. The molecule has 0 saturated heterocycles. The number of pyridine rings is 1. The van der Waals surface area contributed by atoms with E-state index in [0.717, 1.165) is 25.7 Å². The number of hydrogen-bond donors (Lipinski definition) is 3. The van der Waals surface area contributed by atoms with Gasteiger partial charge < -0.3 is 15.6 Å². The zero-order valence-corrected chi connectivity index (χ0v) is 21.0. The minimum absolute atomic E-state index is 0.0215. The summed E-state index contributed by atoms with van der Waals surface area (Å²) in [5.74, 6) is 0.428. The summed E-state index contributed by atoms with van der Waals surface area (Å²) < 4.78 is 3.22. The lowest BCUT2D eigenvalue weighted by Gasteiger charge is -2.27. The van der Waals surface area contributed by atoms with Crippen LogP contribution in [0.3, 0.4) is 0 Å². The predicted molar refractivity (Wildman–Crippen MR) is 135 cm³/mol. The van der Waals surface area contributed by atoms with Crippen LogP contribution in [0.1, 0.15) is 61.6 Å². The molecule has 5 rings (SSSR count). The number of hydrogen-bond acceptors (Lipinski definition) is 5. The molecule has 11 heteroatoms. The van der Waals surface area contributed by atoms with E-state index < -0.39 is 6.04 Å². The van der Waals surface area contributed by atoms with Crippen LogP contribution in [-0.2, 0) is 11.3 Å². The Morgan fingerprint density at radius 2 is 1.92 bits per heavy atom. The van der Waals surface area contributed by atoms with Crippen LogP contribution >= 0.6 is 11.6 Å². The number of aromatic amines is 1. The third-order valence-corrected chi connectivity index (χ3v) is 7.07. The highest BCUT2D eigenvalue weighted by molar-refractivity contribution is 6.30. The Hall–Kier alpha value is -3.40. The van der Waals surface area contributed by atoms with Gasteiger partial charge in [-0.1, -0.05) is 11.6 Å². The van der Waals surface area contributed by atoms with Crippen LogP contribution in [0.15, 0.2) is 41.7 Å². The molecular weight excluding hydrogens is 482 g/mol. The monoisotopic (exact) mass is 511 g/mol. The second-order valence-electron chi connectivity index (χ2n) is 10.0. The zero-order valence-electron chi connectivity index (χ0n) is 20.3. The fourth-order valence-corrected chi connectivity index (χ4v) is 5.06. The number of halogens is 1. The molecule has 2 aliphatic carbocycles. The molecule has 1 unspecified atom stereocenters. The van der Waals surface area contributed by atoms with Gasteiger partial charge >= 0.3 is 0 Å². The first-order chi connectivity index (χ1) is 17.3. The topological polar surface area (TPSA) is 127 Å². The number of carbonyl (C=O) groups is 2. The summed E-state index contributed by atoms with van der Waals surface area (Å²) in [5, 5.41) is 14.9. The maximum Gasteiger partial charge on any atom is 0.270 e. The number of carbonyl (C=O) groups excluding carboxylic acids is 2. The van der Waals surface area contributed by atoms with E-state index in [-0.39, 0.29) is 35.9 Å². The Balaban J connectivity index is 1.33. The molecule has 10 nitrogen and oxygen atoms in total. The van der Waals surface area contributed by atoms with Crippen LogP contribution < -0.4 is 16.2 Å². The van der Waals surface area contributed by atoms with E-state index in [2.05, 4.69) is 25.8 Å².